The van der Waals surface area contributed by atoms with Crippen LogP contribution in [0.5, 0.6) is 0 Å². The highest BCUT2D eigenvalue weighted by Crippen LogP contribution is 2.21. The molecule has 1 saturated heterocycles. The molecule has 5 nitrogen and oxygen atoms in total. The van der Waals surface area contributed by atoms with E-state index in [1.165, 1.54) is 5.57 Å². The molecule has 3 heterocycles. The van der Waals surface area contributed by atoms with Gasteiger partial charge in [0.05, 0.1) is 11.4 Å². The minimum atomic E-state index is 0.695. The van der Waals surface area contributed by atoms with Crippen molar-refractivity contribution in [3.8, 4) is 10.7 Å². The summed E-state index contributed by atoms with van der Waals surface area (Å²) >= 11 is 1.63. The number of nitrogens with zero attached hydrogens (tertiary/aromatic N) is 4. The average Bonchev–Trinajstić information content (AvgIpc) is 3.11. The van der Waals surface area contributed by atoms with E-state index in [1.807, 2.05) is 17.5 Å². The van der Waals surface area contributed by atoms with Crippen LogP contribution in [0.3, 0.4) is 0 Å². The van der Waals surface area contributed by atoms with E-state index in [2.05, 4.69) is 33.4 Å². The van der Waals surface area contributed by atoms with Gasteiger partial charge < -0.3 is 4.52 Å². The number of hydrogen-bond donors (Lipinski definition) is 0. The standard InChI is InChI=1S/C15H20N4OS/c1-12(2)10-18-5-7-19(8-6-18)11-14-16-15(17-20-14)13-4-3-9-21-13/h3-4,9H,1,5-8,10-11H2,2H3. The van der Waals surface area contributed by atoms with E-state index in [0.29, 0.717) is 11.7 Å². The van der Waals surface area contributed by atoms with Gasteiger partial charge in [0.15, 0.2) is 0 Å². The van der Waals surface area contributed by atoms with Crippen LogP contribution in [0.15, 0.2) is 34.2 Å². The molecular weight excluding hydrogens is 284 g/mol. The van der Waals surface area contributed by atoms with Crippen LogP contribution < -0.4 is 0 Å². The molecule has 1 aliphatic heterocycles. The molecule has 0 saturated carbocycles. The summed E-state index contributed by atoms with van der Waals surface area (Å²) in [6, 6.07) is 4.01. The van der Waals surface area contributed by atoms with Gasteiger partial charge in [-0.2, -0.15) is 4.98 Å². The first-order valence-corrected chi connectivity index (χ1v) is 8.04. The Morgan fingerprint density at radius 1 is 1.33 bits per heavy atom. The summed E-state index contributed by atoms with van der Waals surface area (Å²) in [6.07, 6.45) is 0. The van der Waals surface area contributed by atoms with Crippen LogP contribution in [0.25, 0.3) is 10.7 Å². The summed E-state index contributed by atoms with van der Waals surface area (Å²) in [6.45, 7) is 12.0. The van der Waals surface area contributed by atoms with Gasteiger partial charge in [0.25, 0.3) is 0 Å². The van der Waals surface area contributed by atoms with Crippen molar-refractivity contribution >= 4 is 11.3 Å². The molecule has 1 aliphatic rings. The topological polar surface area (TPSA) is 45.4 Å². The number of piperazine rings is 1. The van der Waals surface area contributed by atoms with Crippen molar-refractivity contribution in [3.05, 3.63) is 35.6 Å². The van der Waals surface area contributed by atoms with Crippen molar-refractivity contribution in [1.82, 2.24) is 19.9 Å². The number of hydrogen-bond acceptors (Lipinski definition) is 6. The summed E-state index contributed by atoms with van der Waals surface area (Å²) in [5.74, 6) is 1.40. The second kappa shape index (κ2) is 6.51. The second-order valence-electron chi connectivity index (χ2n) is 5.50. The Labute approximate surface area is 128 Å². The van der Waals surface area contributed by atoms with Crippen molar-refractivity contribution in [2.75, 3.05) is 32.7 Å². The predicted octanol–water partition coefficient (Wildman–Crippen LogP) is 2.49. The van der Waals surface area contributed by atoms with Gasteiger partial charge in [-0.1, -0.05) is 23.4 Å². The van der Waals surface area contributed by atoms with Gasteiger partial charge in [0, 0.05) is 32.7 Å². The van der Waals surface area contributed by atoms with Crippen molar-refractivity contribution in [2.24, 2.45) is 0 Å². The highest BCUT2D eigenvalue weighted by atomic mass is 32.1. The molecule has 1 fully saturated rings. The zero-order chi connectivity index (χ0) is 14.7. The second-order valence-corrected chi connectivity index (χ2v) is 6.45. The molecule has 0 unspecified atom stereocenters. The molecule has 2 aromatic rings. The summed E-state index contributed by atoms with van der Waals surface area (Å²) in [5.41, 5.74) is 1.22. The zero-order valence-electron chi connectivity index (χ0n) is 12.3. The van der Waals surface area contributed by atoms with Crippen LogP contribution in [0, 0.1) is 0 Å². The third kappa shape index (κ3) is 3.78. The van der Waals surface area contributed by atoms with Crippen molar-refractivity contribution in [3.63, 3.8) is 0 Å². The average molecular weight is 304 g/mol. The lowest BCUT2D eigenvalue weighted by Gasteiger charge is -2.33. The van der Waals surface area contributed by atoms with Crippen LogP contribution in [0.2, 0.25) is 0 Å². The lowest BCUT2D eigenvalue weighted by Crippen LogP contribution is -2.46. The number of thiophene rings is 1. The Kier molecular flexibility index (Phi) is 4.48. The van der Waals surface area contributed by atoms with Crippen LogP contribution in [-0.4, -0.2) is 52.7 Å². The van der Waals surface area contributed by atoms with E-state index >= 15 is 0 Å². The minimum Gasteiger partial charge on any atom is -0.338 e. The van der Waals surface area contributed by atoms with Gasteiger partial charge in [0.1, 0.15) is 0 Å². The first-order chi connectivity index (χ1) is 10.2. The molecule has 2 aromatic heterocycles. The van der Waals surface area contributed by atoms with E-state index in [0.717, 1.165) is 44.1 Å². The Hall–Kier alpha value is -1.50. The van der Waals surface area contributed by atoms with E-state index in [-0.39, 0.29) is 0 Å². The molecular formula is C15H20N4OS. The molecule has 0 bridgehead atoms. The van der Waals surface area contributed by atoms with Crippen LogP contribution in [-0.2, 0) is 6.54 Å². The fourth-order valence-corrected chi connectivity index (χ4v) is 3.15. The maximum absolute atomic E-state index is 5.36. The maximum Gasteiger partial charge on any atom is 0.241 e. The molecule has 0 amide bonds. The maximum atomic E-state index is 5.36. The highest BCUT2D eigenvalue weighted by Gasteiger charge is 2.19. The third-order valence-corrected chi connectivity index (χ3v) is 4.39. The summed E-state index contributed by atoms with van der Waals surface area (Å²) < 4.78 is 5.36. The van der Waals surface area contributed by atoms with E-state index in [9.17, 15) is 0 Å². The Bertz CT molecular complexity index is 585. The van der Waals surface area contributed by atoms with Crippen molar-refractivity contribution in [2.45, 2.75) is 13.5 Å². The van der Waals surface area contributed by atoms with Crippen LogP contribution in [0.4, 0.5) is 0 Å². The predicted molar refractivity (Wildman–Crippen MR) is 84.1 cm³/mol. The largest absolute Gasteiger partial charge is 0.338 e. The van der Waals surface area contributed by atoms with Gasteiger partial charge in [-0.3, -0.25) is 9.80 Å². The van der Waals surface area contributed by atoms with Gasteiger partial charge in [-0.25, -0.2) is 0 Å². The third-order valence-electron chi connectivity index (χ3n) is 3.53. The lowest BCUT2D eigenvalue weighted by atomic mass is 10.2. The molecule has 112 valence electrons. The molecule has 0 aromatic carbocycles. The highest BCUT2D eigenvalue weighted by molar-refractivity contribution is 7.13. The lowest BCUT2D eigenvalue weighted by molar-refractivity contribution is 0.123. The van der Waals surface area contributed by atoms with Crippen molar-refractivity contribution < 1.29 is 4.52 Å². The Morgan fingerprint density at radius 2 is 2.10 bits per heavy atom. The molecule has 0 N–H and O–H groups in total. The van der Waals surface area contributed by atoms with E-state index in [1.54, 1.807) is 11.3 Å². The first kappa shape index (κ1) is 14.4. The Morgan fingerprint density at radius 3 is 2.76 bits per heavy atom. The molecule has 0 radical (unpaired) electrons. The van der Waals surface area contributed by atoms with Crippen molar-refractivity contribution in [1.29, 1.82) is 0 Å². The van der Waals surface area contributed by atoms with Gasteiger partial charge in [0.2, 0.25) is 11.7 Å². The fraction of sp³-hybridized carbons (Fsp3) is 0.467. The summed E-state index contributed by atoms with van der Waals surface area (Å²) in [4.78, 5) is 10.3. The summed E-state index contributed by atoms with van der Waals surface area (Å²) in [7, 11) is 0. The van der Waals surface area contributed by atoms with Crippen LogP contribution >= 0.6 is 11.3 Å². The molecule has 0 spiro atoms. The normalized spacial score (nSPS) is 17.2. The molecule has 0 aliphatic carbocycles. The summed E-state index contributed by atoms with van der Waals surface area (Å²) in [5, 5.41) is 6.07. The first-order valence-electron chi connectivity index (χ1n) is 7.16. The smallest absolute Gasteiger partial charge is 0.241 e. The fourth-order valence-electron chi connectivity index (χ4n) is 2.50. The quantitative estimate of drug-likeness (QED) is 0.794. The van der Waals surface area contributed by atoms with E-state index in [4.69, 9.17) is 4.52 Å². The molecule has 3 rings (SSSR count). The van der Waals surface area contributed by atoms with Gasteiger partial charge >= 0.3 is 0 Å². The zero-order valence-corrected chi connectivity index (χ0v) is 13.1. The van der Waals surface area contributed by atoms with Crippen LogP contribution in [0.1, 0.15) is 12.8 Å². The van der Waals surface area contributed by atoms with Gasteiger partial charge in [-0.15, -0.1) is 11.3 Å². The minimum absolute atomic E-state index is 0.695. The molecule has 0 atom stereocenters. The van der Waals surface area contributed by atoms with Gasteiger partial charge in [-0.05, 0) is 18.4 Å². The molecule has 21 heavy (non-hydrogen) atoms. The SMILES string of the molecule is C=C(C)CN1CCN(Cc2nc(-c3cccs3)no2)CC1. The number of rotatable bonds is 5. The Balaban J connectivity index is 1.53. The monoisotopic (exact) mass is 304 g/mol. The molecule has 6 heteroatoms. The number of aromatic nitrogens is 2. The van der Waals surface area contributed by atoms with E-state index < -0.39 is 0 Å².